The van der Waals surface area contributed by atoms with Gasteiger partial charge in [-0.25, -0.2) is 4.79 Å². The minimum Gasteiger partial charge on any atom is -0.481 e. The summed E-state index contributed by atoms with van der Waals surface area (Å²) in [5.41, 5.74) is 1.58. The molecule has 11 heteroatoms. The fourth-order valence-corrected chi connectivity index (χ4v) is 3.94. The van der Waals surface area contributed by atoms with Crippen molar-refractivity contribution in [1.82, 2.24) is 15.6 Å². The number of hydrogen-bond acceptors (Lipinski definition) is 6. The summed E-state index contributed by atoms with van der Waals surface area (Å²) in [7, 11) is 0. The van der Waals surface area contributed by atoms with Crippen LogP contribution in [0.5, 0.6) is 0 Å². The number of carboxylic acid groups (broad SMARTS) is 1. The Balaban J connectivity index is 1.37. The number of urea groups is 1. The normalized spacial score (nSPS) is 15.8. The van der Waals surface area contributed by atoms with Crippen LogP contribution < -0.4 is 20.9 Å². The van der Waals surface area contributed by atoms with E-state index in [9.17, 15) is 24.3 Å². The summed E-state index contributed by atoms with van der Waals surface area (Å²) in [4.78, 5) is 54.6. The number of aromatic nitrogens is 1. The zero-order chi connectivity index (χ0) is 25.5. The molecule has 0 aliphatic carbocycles. The topological polar surface area (TPSA) is 154 Å². The van der Waals surface area contributed by atoms with Gasteiger partial charge in [0.05, 0.1) is 31.2 Å². The Morgan fingerprint density at radius 1 is 1.17 bits per heavy atom. The van der Waals surface area contributed by atoms with Crippen LogP contribution in [0, 0.1) is 5.92 Å². The molecule has 1 saturated heterocycles. The highest BCUT2D eigenvalue weighted by Crippen LogP contribution is 2.28. The third-order valence-electron chi connectivity index (χ3n) is 5.70. The standard InChI is InChI=1S/C25H25N5O6/c31-22-10-17(24(34)29-21(12-23(32)33)16-4-2-8-26-13-16)15-30(22)19-6-1-5-18(11-19)28-25(35)27-14-20-7-3-9-36-20/h1-9,11,13,17,21H,10,12,14-15H2,(H,29,34)(H,32,33)(H2,27,28,35). The fourth-order valence-electron chi connectivity index (χ4n) is 3.94. The Labute approximate surface area is 206 Å². The number of carbonyl (C=O) groups is 4. The van der Waals surface area contributed by atoms with E-state index < -0.39 is 29.9 Å². The van der Waals surface area contributed by atoms with E-state index in [1.54, 1.807) is 54.7 Å². The SMILES string of the molecule is O=C(O)CC(NC(=O)C1CC(=O)N(c2cccc(NC(=O)NCc3ccco3)c2)C1)c1cccnc1. The number of benzene rings is 1. The van der Waals surface area contributed by atoms with Gasteiger partial charge in [0.2, 0.25) is 11.8 Å². The molecule has 3 heterocycles. The molecular formula is C25H25N5O6. The van der Waals surface area contributed by atoms with Crippen LogP contribution in [-0.2, 0) is 20.9 Å². The molecular weight excluding hydrogens is 466 g/mol. The monoisotopic (exact) mass is 491 g/mol. The van der Waals surface area contributed by atoms with Crippen molar-refractivity contribution >= 4 is 35.2 Å². The highest BCUT2D eigenvalue weighted by atomic mass is 16.4. The van der Waals surface area contributed by atoms with Gasteiger partial charge in [-0.05, 0) is 42.0 Å². The predicted molar refractivity (Wildman–Crippen MR) is 129 cm³/mol. The maximum atomic E-state index is 12.9. The van der Waals surface area contributed by atoms with Crippen molar-refractivity contribution in [3.63, 3.8) is 0 Å². The molecule has 1 aromatic carbocycles. The summed E-state index contributed by atoms with van der Waals surface area (Å²) in [6, 6.07) is 12.4. The summed E-state index contributed by atoms with van der Waals surface area (Å²) in [5.74, 6) is -1.76. The number of aliphatic carboxylic acids is 1. The van der Waals surface area contributed by atoms with Gasteiger partial charge in [-0.3, -0.25) is 19.4 Å². The molecule has 4 N–H and O–H groups in total. The van der Waals surface area contributed by atoms with Crippen LogP contribution in [0.1, 0.15) is 30.2 Å². The molecule has 4 rings (SSSR count). The Kier molecular flexibility index (Phi) is 7.59. The maximum Gasteiger partial charge on any atom is 0.319 e. The van der Waals surface area contributed by atoms with E-state index in [1.165, 1.54) is 17.4 Å². The molecule has 0 spiro atoms. The number of nitrogens with zero attached hydrogens (tertiary/aromatic N) is 2. The van der Waals surface area contributed by atoms with Crippen LogP contribution in [0.4, 0.5) is 16.2 Å². The van der Waals surface area contributed by atoms with Crippen LogP contribution in [-0.4, -0.2) is 40.5 Å². The van der Waals surface area contributed by atoms with Crippen molar-refractivity contribution in [2.24, 2.45) is 5.92 Å². The van der Waals surface area contributed by atoms with Gasteiger partial charge in [0.25, 0.3) is 0 Å². The minimum atomic E-state index is -1.06. The van der Waals surface area contributed by atoms with Crippen LogP contribution in [0.3, 0.4) is 0 Å². The Bertz CT molecular complexity index is 1230. The van der Waals surface area contributed by atoms with E-state index in [2.05, 4.69) is 20.9 Å². The van der Waals surface area contributed by atoms with E-state index in [4.69, 9.17) is 4.42 Å². The second-order valence-corrected chi connectivity index (χ2v) is 8.29. The number of amides is 4. The molecule has 1 aliphatic heterocycles. The molecule has 11 nitrogen and oxygen atoms in total. The zero-order valence-electron chi connectivity index (χ0n) is 19.2. The number of carboxylic acids is 1. The predicted octanol–water partition coefficient (Wildman–Crippen LogP) is 2.68. The molecule has 186 valence electrons. The lowest BCUT2D eigenvalue weighted by atomic mass is 10.0. The van der Waals surface area contributed by atoms with E-state index >= 15 is 0 Å². The number of anilines is 2. The summed E-state index contributed by atoms with van der Waals surface area (Å²) < 4.78 is 5.18. The molecule has 0 radical (unpaired) electrons. The molecule has 2 unspecified atom stereocenters. The first kappa shape index (κ1) is 24.5. The average Bonchev–Trinajstić information content (AvgIpc) is 3.52. The van der Waals surface area contributed by atoms with Crippen LogP contribution in [0.25, 0.3) is 0 Å². The highest BCUT2D eigenvalue weighted by molar-refractivity contribution is 6.01. The molecule has 2 aromatic heterocycles. The van der Waals surface area contributed by atoms with E-state index in [-0.39, 0.29) is 31.8 Å². The van der Waals surface area contributed by atoms with Crippen molar-refractivity contribution in [3.05, 3.63) is 78.5 Å². The first-order valence-corrected chi connectivity index (χ1v) is 11.3. The Morgan fingerprint density at radius 3 is 2.75 bits per heavy atom. The van der Waals surface area contributed by atoms with Crippen molar-refractivity contribution < 1.29 is 28.7 Å². The second kappa shape index (κ2) is 11.2. The van der Waals surface area contributed by atoms with Crippen molar-refractivity contribution in [2.75, 3.05) is 16.8 Å². The molecule has 0 bridgehead atoms. The van der Waals surface area contributed by atoms with Crippen molar-refractivity contribution in [2.45, 2.75) is 25.4 Å². The van der Waals surface area contributed by atoms with Gasteiger partial charge in [-0.15, -0.1) is 0 Å². The van der Waals surface area contributed by atoms with Gasteiger partial charge in [0.15, 0.2) is 0 Å². The maximum absolute atomic E-state index is 12.9. The quantitative estimate of drug-likeness (QED) is 0.359. The Morgan fingerprint density at radius 2 is 2.03 bits per heavy atom. The lowest BCUT2D eigenvalue weighted by Crippen LogP contribution is -2.36. The third-order valence-corrected chi connectivity index (χ3v) is 5.70. The van der Waals surface area contributed by atoms with Gasteiger partial charge >= 0.3 is 12.0 Å². The number of nitrogens with one attached hydrogen (secondary N) is 3. The fraction of sp³-hybridized carbons (Fsp3) is 0.240. The van der Waals surface area contributed by atoms with Gasteiger partial charge in [0, 0.05) is 36.7 Å². The van der Waals surface area contributed by atoms with Crippen molar-refractivity contribution in [1.29, 1.82) is 0 Å². The lowest BCUT2D eigenvalue weighted by Gasteiger charge is -2.20. The zero-order valence-corrected chi connectivity index (χ0v) is 19.2. The molecule has 4 amide bonds. The molecule has 3 aromatic rings. The Hall–Kier alpha value is -4.67. The molecule has 2 atom stereocenters. The number of carbonyl (C=O) groups excluding carboxylic acids is 3. The van der Waals surface area contributed by atoms with Gasteiger partial charge in [0.1, 0.15) is 5.76 Å². The van der Waals surface area contributed by atoms with E-state index in [1.807, 2.05) is 0 Å². The molecule has 0 saturated carbocycles. The summed E-state index contributed by atoms with van der Waals surface area (Å²) in [6.45, 7) is 0.355. The first-order valence-electron chi connectivity index (χ1n) is 11.3. The smallest absolute Gasteiger partial charge is 0.319 e. The van der Waals surface area contributed by atoms with Crippen LogP contribution >= 0.6 is 0 Å². The number of hydrogen-bond donors (Lipinski definition) is 4. The van der Waals surface area contributed by atoms with Gasteiger partial charge in [-0.2, -0.15) is 0 Å². The average molecular weight is 492 g/mol. The summed E-state index contributed by atoms with van der Waals surface area (Å²) >= 11 is 0. The third kappa shape index (κ3) is 6.26. The second-order valence-electron chi connectivity index (χ2n) is 8.29. The molecule has 36 heavy (non-hydrogen) atoms. The number of rotatable bonds is 9. The molecule has 1 fully saturated rings. The van der Waals surface area contributed by atoms with E-state index in [0.29, 0.717) is 22.7 Å². The summed E-state index contributed by atoms with van der Waals surface area (Å²) in [5, 5.41) is 17.4. The first-order chi connectivity index (χ1) is 17.4. The number of furan rings is 1. The largest absolute Gasteiger partial charge is 0.481 e. The van der Waals surface area contributed by atoms with Gasteiger partial charge in [-0.1, -0.05) is 12.1 Å². The van der Waals surface area contributed by atoms with Crippen LogP contribution in [0.15, 0.2) is 71.6 Å². The highest BCUT2D eigenvalue weighted by Gasteiger charge is 2.36. The van der Waals surface area contributed by atoms with Crippen molar-refractivity contribution in [3.8, 4) is 0 Å². The van der Waals surface area contributed by atoms with Gasteiger partial charge < -0.3 is 30.4 Å². The summed E-state index contributed by atoms with van der Waals surface area (Å²) in [6.07, 6.45) is 4.26. The van der Waals surface area contributed by atoms with Crippen LogP contribution in [0.2, 0.25) is 0 Å². The minimum absolute atomic E-state index is 0.0139. The lowest BCUT2D eigenvalue weighted by molar-refractivity contribution is -0.138. The molecule has 1 aliphatic rings. The van der Waals surface area contributed by atoms with E-state index in [0.717, 1.165) is 0 Å². The number of pyridine rings is 1.